The summed E-state index contributed by atoms with van der Waals surface area (Å²) >= 11 is 0. The quantitative estimate of drug-likeness (QED) is 0.0455. The molecule has 2 N–H and O–H groups in total. The predicted molar refractivity (Wildman–Crippen MR) is 269 cm³/mol. The molecule has 0 radical (unpaired) electrons. The molecular formula is C55H70N6O8. The molecule has 1 fully saturated rings. The Hall–Kier alpha value is -6.38. The van der Waals surface area contributed by atoms with E-state index in [2.05, 4.69) is 67.7 Å². The van der Waals surface area contributed by atoms with Gasteiger partial charge in [-0.25, -0.2) is 4.98 Å². The third kappa shape index (κ3) is 15.3. The van der Waals surface area contributed by atoms with E-state index < -0.39 is 0 Å². The Balaban J connectivity index is 0.726. The number of hydrogen-bond donors (Lipinski definition) is 2. The van der Waals surface area contributed by atoms with Crippen LogP contribution in [0.1, 0.15) is 78.9 Å². The molecule has 0 spiro atoms. The largest absolute Gasteiger partial charge is 0.493 e. The van der Waals surface area contributed by atoms with Crippen LogP contribution >= 0.6 is 0 Å². The molecule has 1 aliphatic heterocycles. The molecule has 0 bridgehead atoms. The van der Waals surface area contributed by atoms with Crippen LogP contribution in [0.15, 0.2) is 89.5 Å². The van der Waals surface area contributed by atoms with E-state index in [0.29, 0.717) is 31.9 Å². The van der Waals surface area contributed by atoms with Crippen molar-refractivity contribution in [3.05, 3.63) is 119 Å². The maximum absolute atomic E-state index is 12.5. The molecule has 3 heterocycles. The van der Waals surface area contributed by atoms with Gasteiger partial charge in [-0.1, -0.05) is 60.8 Å². The molecule has 0 aliphatic carbocycles. The topological polar surface area (TPSA) is 151 Å². The summed E-state index contributed by atoms with van der Waals surface area (Å²) in [6.07, 6.45) is 9.62. The first-order chi connectivity index (χ1) is 33.8. The Morgan fingerprint density at radius 1 is 0.681 bits per heavy atom. The molecule has 0 atom stereocenters. The van der Waals surface area contributed by atoms with Gasteiger partial charge in [0.15, 0.2) is 18.1 Å². The first-order valence-electron chi connectivity index (χ1n) is 24.7. The monoisotopic (exact) mass is 943 g/mol. The van der Waals surface area contributed by atoms with Gasteiger partial charge >= 0.3 is 0 Å². The van der Waals surface area contributed by atoms with Crippen LogP contribution in [0, 0.1) is 13.8 Å². The van der Waals surface area contributed by atoms with Gasteiger partial charge in [0, 0.05) is 51.1 Å². The fourth-order valence-corrected chi connectivity index (χ4v) is 8.89. The summed E-state index contributed by atoms with van der Waals surface area (Å²) in [7, 11) is 3.29. The Morgan fingerprint density at radius 2 is 1.43 bits per heavy atom. The highest BCUT2D eigenvalue weighted by atomic mass is 16.5. The van der Waals surface area contributed by atoms with Gasteiger partial charge in [0.25, 0.3) is 5.91 Å². The molecule has 0 saturated carbocycles. The van der Waals surface area contributed by atoms with Crippen molar-refractivity contribution in [1.82, 2.24) is 30.2 Å². The van der Waals surface area contributed by atoms with Crippen LogP contribution in [0.25, 0.3) is 22.2 Å². The minimum atomic E-state index is -0.128. The summed E-state index contributed by atoms with van der Waals surface area (Å²) in [5.41, 5.74) is 8.67. The Morgan fingerprint density at radius 3 is 2.22 bits per heavy atom. The molecule has 368 valence electrons. The van der Waals surface area contributed by atoms with E-state index >= 15 is 0 Å². The molecule has 1 saturated heterocycles. The second-order valence-corrected chi connectivity index (χ2v) is 17.7. The number of aryl methyl sites for hydroxylation is 6. The van der Waals surface area contributed by atoms with E-state index in [1.165, 1.54) is 16.7 Å². The summed E-state index contributed by atoms with van der Waals surface area (Å²) in [6, 6.07) is 28.7. The predicted octanol–water partition coefficient (Wildman–Crippen LogP) is 8.65. The third-order valence-corrected chi connectivity index (χ3v) is 12.7. The van der Waals surface area contributed by atoms with Gasteiger partial charge < -0.3 is 43.4 Å². The summed E-state index contributed by atoms with van der Waals surface area (Å²) in [5, 5.41) is 10.1. The lowest BCUT2D eigenvalue weighted by Gasteiger charge is -2.27. The molecule has 4 aromatic carbocycles. The molecule has 2 aromatic heterocycles. The normalized spacial score (nSPS) is 12.8. The van der Waals surface area contributed by atoms with Crippen molar-refractivity contribution < 1.29 is 37.8 Å². The highest BCUT2D eigenvalue weighted by Crippen LogP contribution is 2.31. The summed E-state index contributed by atoms with van der Waals surface area (Å²) < 4.78 is 35.9. The average molecular weight is 943 g/mol. The van der Waals surface area contributed by atoms with Crippen molar-refractivity contribution >= 4 is 22.8 Å². The molecular weight excluding hydrogens is 873 g/mol. The number of fused-ring (bicyclic) bond motifs is 1. The van der Waals surface area contributed by atoms with Gasteiger partial charge in [0.05, 0.1) is 50.7 Å². The molecule has 6 aromatic rings. The third-order valence-electron chi connectivity index (χ3n) is 12.7. The zero-order chi connectivity index (χ0) is 48.2. The number of morpholine rings is 1. The lowest BCUT2D eigenvalue weighted by atomic mass is 10.0. The number of ether oxygens (including phenoxy) is 5. The number of amides is 2. The van der Waals surface area contributed by atoms with E-state index in [-0.39, 0.29) is 18.4 Å². The zero-order valence-electron chi connectivity index (χ0n) is 41.0. The van der Waals surface area contributed by atoms with Gasteiger partial charge in [0.2, 0.25) is 5.91 Å². The number of nitrogens with zero attached hydrogens (tertiary/aromatic N) is 4. The Labute approximate surface area is 407 Å². The maximum Gasteiger partial charge on any atom is 0.257 e. The molecule has 14 heteroatoms. The number of hydrogen-bond acceptors (Lipinski definition) is 11. The number of benzene rings is 4. The average Bonchev–Trinajstić information content (AvgIpc) is 3.91. The smallest absolute Gasteiger partial charge is 0.257 e. The minimum absolute atomic E-state index is 0.0149. The van der Waals surface area contributed by atoms with E-state index in [1.807, 2.05) is 56.3 Å². The van der Waals surface area contributed by atoms with E-state index in [4.69, 9.17) is 33.2 Å². The number of nitrogens with one attached hydrogen (secondary N) is 2. The van der Waals surface area contributed by atoms with Gasteiger partial charge in [-0.3, -0.25) is 14.5 Å². The van der Waals surface area contributed by atoms with Crippen LogP contribution in [-0.4, -0.2) is 105 Å². The van der Waals surface area contributed by atoms with Gasteiger partial charge in [0.1, 0.15) is 29.7 Å². The number of aromatic nitrogens is 3. The number of carbonyl (C=O) groups is 2. The van der Waals surface area contributed by atoms with Gasteiger partial charge in [-0.05, 0) is 123 Å². The number of imidazole rings is 1. The fraction of sp³-hybridized carbons (Fsp3) is 0.455. The van der Waals surface area contributed by atoms with Crippen LogP contribution < -0.4 is 29.6 Å². The van der Waals surface area contributed by atoms with E-state index in [9.17, 15) is 9.59 Å². The van der Waals surface area contributed by atoms with Crippen LogP contribution in [0.3, 0.4) is 0 Å². The molecule has 7 rings (SSSR count). The summed E-state index contributed by atoms with van der Waals surface area (Å²) in [5.74, 6) is 4.73. The molecule has 0 unspecified atom stereocenters. The van der Waals surface area contributed by atoms with Crippen molar-refractivity contribution in [2.75, 3.05) is 73.4 Å². The van der Waals surface area contributed by atoms with E-state index in [1.54, 1.807) is 14.2 Å². The molecule has 14 nitrogen and oxygen atoms in total. The molecule has 69 heavy (non-hydrogen) atoms. The van der Waals surface area contributed by atoms with Crippen LogP contribution in [0.5, 0.6) is 23.0 Å². The van der Waals surface area contributed by atoms with Crippen molar-refractivity contribution in [2.24, 2.45) is 0 Å². The van der Waals surface area contributed by atoms with Gasteiger partial charge in [-0.2, -0.15) is 0 Å². The second-order valence-electron chi connectivity index (χ2n) is 17.7. The van der Waals surface area contributed by atoms with Crippen LogP contribution in [0.4, 0.5) is 0 Å². The van der Waals surface area contributed by atoms with Crippen molar-refractivity contribution in [2.45, 2.75) is 91.0 Å². The van der Waals surface area contributed by atoms with Crippen LogP contribution in [-0.2, 0) is 46.6 Å². The summed E-state index contributed by atoms with van der Waals surface area (Å²) in [4.78, 5) is 32.5. The number of unbranched alkanes of at least 4 members (excludes halogenated alkanes) is 4. The second kappa shape index (κ2) is 26.4. The van der Waals surface area contributed by atoms with Crippen molar-refractivity contribution in [3.8, 4) is 34.1 Å². The number of rotatable bonds is 28. The van der Waals surface area contributed by atoms with Crippen molar-refractivity contribution in [1.29, 1.82) is 0 Å². The summed E-state index contributed by atoms with van der Waals surface area (Å²) in [6.45, 7) is 10.7. The number of carbonyl (C=O) groups excluding carboxylic acids is 2. The van der Waals surface area contributed by atoms with E-state index in [0.717, 1.165) is 160 Å². The Kier molecular flexibility index (Phi) is 19.3. The van der Waals surface area contributed by atoms with Crippen molar-refractivity contribution in [3.63, 3.8) is 0 Å². The SMILES string of the molecule is COc1ccc(CCCc2cccc(OCC(=O)NCCCCCCCC(=O)NCCOc3ccc(CCc4nc5cc(-c6c(C)noc6C)ccc5n4CCN4CCOCC4)cc3)c2)cc1OC. The van der Waals surface area contributed by atoms with Gasteiger partial charge in [-0.15, -0.1) is 0 Å². The molecule has 1 aliphatic rings. The lowest BCUT2D eigenvalue weighted by Crippen LogP contribution is -2.38. The Bertz CT molecular complexity index is 2530. The standard InChI is InChI=1S/C55H70N6O8/c1-40-55(41(2)69-59-40)45-21-24-49-48(38-45)58-52(61(49)30-29-60-31-34-66-35-32-60)26-20-42-17-22-46(23-18-42)67-33-28-57-53(62)16-8-6-5-7-9-27-56-54(63)39-68-47-15-11-14-43(36-47)12-10-13-44-19-25-50(64-3)51(37-44)65-4/h11,14-15,17-19,21-25,36-38H,5-10,12-13,16,20,26-35,39H2,1-4H3,(H,56,63)(H,57,62). The zero-order valence-corrected chi connectivity index (χ0v) is 41.0. The lowest BCUT2D eigenvalue weighted by molar-refractivity contribution is -0.123. The highest BCUT2D eigenvalue weighted by molar-refractivity contribution is 5.83. The molecule has 2 amide bonds. The minimum Gasteiger partial charge on any atom is -0.493 e. The fourth-order valence-electron chi connectivity index (χ4n) is 8.89. The first-order valence-corrected chi connectivity index (χ1v) is 24.7. The van der Waals surface area contributed by atoms with Crippen LogP contribution in [0.2, 0.25) is 0 Å². The maximum atomic E-state index is 12.5. The first kappa shape index (κ1) is 50.5. The number of methoxy groups -OCH3 is 2. The highest BCUT2D eigenvalue weighted by Gasteiger charge is 2.18.